The van der Waals surface area contributed by atoms with Gasteiger partial charge in [-0.3, -0.25) is 0 Å². The first-order valence-electron chi connectivity index (χ1n) is 20.8. The number of hydrogen-bond donors (Lipinski definition) is 0. The molecular weight excluding hydrogens is 759 g/mol. The molecule has 3 aromatic heterocycles. The number of aromatic nitrogens is 3. The molecule has 0 amide bonds. The lowest BCUT2D eigenvalue weighted by Gasteiger charge is -2.19. The highest BCUT2D eigenvalue weighted by atomic mass is 16.3. The van der Waals surface area contributed by atoms with Gasteiger partial charge in [-0.05, 0) is 93.0 Å². The second kappa shape index (κ2) is 14.7. The monoisotopic (exact) mass is 793 g/mol. The molecule has 5 heteroatoms. The summed E-state index contributed by atoms with van der Waals surface area (Å²) in [6.45, 7) is 0. The highest BCUT2D eigenvalue weighted by Gasteiger charge is 2.21. The van der Waals surface area contributed by atoms with Crippen molar-refractivity contribution in [1.29, 1.82) is 0 Å². The third-order valence-electron chi connectivity index (χ3n) is 11.7. The average molecular weight is 794 g/mol. The third-order valence-corrected chi connectivity index (χ3v) is 11.7. The molecule has 12 aromatic rings. The number of hydrogen-bond acceptors (Lipinski definition) is 5. The van der Waals surface area contributed by atoms with E-state index in [1.54, 1.807) is 0 Å². The molecule has 0 aliphatic carbocycles. The van der Waals surface area contributed by atoms with E-state index in [2.05, 4.69) is 140 Å². The number of furan rings is 2. The Morgan fingerprint density at radius 1 is 0.258 bits per heavy atom. The molecule has 0 N–H and O–H groups in total. The summed E-state index contributed by atoms with van der Waals surface area (Å²) in [5.74, 6) is 1.76. The number of nitrogens with zero attached hydrogens (tertiary/aromatic N) is 3. The Hall–Kier alpha value is -8.41. The van der Waals surface area contributed by atoms with Crippen LogP contribution in [0.2, 0.25) is 0 Å². The van der Waals surface area contributed by atoms with Crippen molar-refractivity contribution < 1.29 is 8.83 Å². The molecule has 9 aromatic carbocycles. The van der Waals surface area contributed by atoms with Crippen molar-refractivity contribution in [2.24, 2.45) is 0 Å². The Balaban J connectivity index is 1.09. The lowest BCUT2D eigenvalue weighted by atomic mass is 9.84. The molecule has 290 valence electrons. The molecule has 5 nitrogen and oxygen atoms in total. The van der Waals surface area contributed by atoms with Crippen molar-refractivity contribution in [3.05, 3.63) is 212 Å². The first-order chi connectivity index (χ1) is 30.7. The maximum absolute atomic E-state index is 6.30. The zero-order valence-electron chi connectivity index (χ0n) is 33.4. The number of fused-ring (bicyclic) bond motifs is 6. The van der Waals surface area contributed by atoms with Crippen LogP contribution in [0.4, 0.5) is 0 Å². The fourth-order valence-electron chi connectivity index (χ4n) is 8.83. The summed E-state index contributed by atoms with van der Waals surface area (Å²) in [4.78, 5) is 15.6. The largest absolute Gasteiger partial charge is 0.456 e. The predicted molar refractivity (Wildman–Crippen MR) is 252 cm³/mol. The van der Waals surface area contributed by atoms with Crippen LogP contribution >= 0.6 is 0 Å². The van der Waals surface area contributed by atoms with Crippen LogP contribution in [-0.4, -0.2) is 15.0 Å². The van der Waals surface area contributed by atoms with Gasteiger partial charge in [-0.15, -0.1) is 0 Å². The summed E-state index contributed by atoms with van der Waals surface area (Å²) >= 11 is 0. The molecule has 0 aliphatic rings. The Morgan fingerprint density at radius 3 is 1.50 bits per heavy atom. The predicted octanol–water partition coefficient (Wildman–Crippen LogP) is 15.3. The van der Waals surface area contributed by atoms with Gasteiger partial charge in [0.1, 0.15) is 22.3 Å². The minimum absolute atomic E-state index is 0.580. The quantitative estimate of drug-likeness (QED) is 0.161. The van der Waals surface area contributed by atoms with Crippen LogP contribution in [-0.2, 0) is 0 Å². The Morgan fingerprint density at radius 2 is 0.758 bits per heavy atom. The first-order valence-corrected chi connectivity index (χ1v) is 20.8. The molecule has 0 aliphatic heterocycles. The Bertz CT molecular complexity index is 3630. The highest BCUT2D eigenvalue weighted by Crippen LogP contribution is 2.45. The maximum atomic E-state index is 6.30. The van der Waals surface area contributed by atoms with E-state index in [1.165, 1.54) is 0 Å². The summed E-state index contributed by atoms with van der Waals surface area (Å²) < 4.78 is 12.6. The summed E-state index contributed by atoms with van der Waals surface area (Å²) in [7, 11) is 0. The standard InChI is InChI=1S/C57H35N3O2/c1-4-16-36(17-5-1)42-34-46(53(37-18-6-2-7-19-37)47(35-42)40-30-31-51-48(33-40)43-24-10-12-27-49(43)61-51)39-22-14-23-41(32-39)56-58-55(38-20-8-3-9-21-38)59-57(60-56)45-26-15-29-52-54(45)44-25-11-13-28-50(44)62-52/h1-35H. The fourth-order valence-corrected chi connectivity index (χ4v) is 8.83. The van der Waals surface area contributed by atoms with E-state index in [0.717, 1.165) is 105 Å². The summed E-state index contributed by atoms with van der Waals surface area (Å²) in [5.41, 5.74) is 14.9. The van der Waals surface area contributed by atoms with Gasteiger partial charge in [-0.25, -0.2) is 15.0 Å². The lowest BCUT2D eigenvalue weighted by Crippen LogP contribution is -2.00. The van der Waals surface area contributed by atoms with Gasteiger partial charge in [0.15, 0.2) is 17.5 Å². The molecule has 0 saturated carbocycles. The van der Waals surface area contributed by atoms with E-state index in [0.29, 0.717) is 17.5 Å². The van der Waals surface area contributed by atoms with Gasteiger partial charge in [0.05, 0.1) is 0 Å². The Labute approximate surface area is 357 Å². The van der Waals surface area contributed by atoms with Crippen molar-refractivity contribution >= 4 is 43.9 Å². The van der Waals surface area contributed by atoms with E-state index in [4.69, 9.17) is 23.8 Å². The van der Waals surface area contributed by atoms with E-state index in [1.807, 2.05) is 72.8 Å². The van der Waals surface area contributed by atoms with E-state index in [-0.39, 0.29) is 0 Å². The van der Waals surface area contributed by atoms with Crippen molar-refractivity contribution in [2.75, 3.05) is 0 Å². The molecule has 62 heavy (non-hydrogen) atoms. The van der Waals surface area contributed by atoms with Gasteiger partial charge in [-0.2, -0.15) is 0 Å². The SMILES string of the molecule is c1ccc(-c2cc(-c3cccc(-c4nc(-c5ccccc5)nc(-c5cccc6oc7ccccc7c56)n4)c3)c(-c3ccccc3)c(-c3ccc4oc5ccccc5c4c3)c2)cc1. The minimum Gasteiger partial charge on any atom is -0.456 e. The second-order valence-electron chi connectivity index (χ2n) is 15.5. The topological polar surface area (TPSA) is 65.0 Å². The smallest absolute Gasteiger partial charge is 0.164 e. The molecule has 12 rings (SSSR count). The zero-order chi connectivity index (χ0) is 41.0. The molecule has 0 unspecified atom stereocenters. The van der Waals surface area contributed by atoms with Gasteiger partial charge < -0.3 is 8.83 Å². The van der Waals surface area contributed by atoms with Crippen LogP contribution in [0.3, 0.4) is 0 Å². The molecule has 0 radical (unpaired) electrons. The van der Waals surface area contributed by atoms with E-state index < -0.39 is 0 Å². The average Bonchev–Trinajstić information content (AvgIpc) is 3.93. The number of para-hydroxylation sites is 2. The second-order valence-corrected chi connectivity index (χ2v) is 15.5. The van der Waals surface area contributed by atoms with Crippen LogP contribution < -0.4 is 0 Å². The van der Waals surface area contributed by atoms with Crippen molar-refractivity contribution in [2.45, 2.75) is 0 Å². The summed E-state index contributed by atoms with van der Waals surface area (Å²) in [5, 5.41) is 4.18. The fraction of sp³-hybridized carbons (Fsp3) is 0. The van der Waals surface area contributed by atoms with Crippen LogP contribution in [0.15, 0.2) is 221 Å². The molecule has 0 saturated heterocycles. The van der Waals surface area contributed by atoms with Gasteiger partial charge in [-0.1, -0.05) is 164 Å². The molecule has 0 spiro atoms. The normalized spacial score (nSPS) is 11.5. The van der Waals surface area contributed by atoms with Crippen LogP contribution in [0.25, 0.3) is 123 Å². The number of benzene rings is 9. The molecule has 0 fully saturated rings. The van der Waals surface area contributed by atoms with Crippen molar-refractivity contribution in [3.63, 3.8) is 0 Å². The third kappa shape index (κ3) is 6.14. The van der Waals surface area contributed by atoms with Gasteiger partial charge in [0, 0.05) is 38.2 Å². The number of rotatable bonds is 7. The van der Waals surface area contributed by atoms with E-state index >= 15 is 0 Å². The van der Waals surface area contributed by atoms with Crippen LogP contribution in [0.1, 0.15) is 0 Å². The summed E-state index contributed by atoms with van der Waals surface area (Å²) in [6.07, 6.45) is 0. The lowest BCUT2D eigenvalue weighted by molar-refractivity contribution is 0.668. The maximum Gasteiger partial charge on any atom is 0.164 e. The Kier molecular flexibility index (Phi) is 8.42. The van der Waals surface area contributed by atoms with Crippen molar-refractivity contribution in [3.8, 4) is 78.7 Å². The first kappa shape index (κ1) is 35.5. The molecule has 0 atom stereocenters. The van der Waals surface area contributed by atoms with Gasteiger partial charge in [0.25, 0.3) is 0 Å². The van der Waals surface area contributed by atoms with Gasteiger partial charge >= 0.3 is 0 Å². The highest BCUT2D eigenvalue weighted by molar-refractivity contribution is 6.12. The zero-order valence-corrected chi connectivity index (χ0v) is 33.4. The molecule has 0 bridgehead atoms. The van der Waals surface area contributed by atoms with Crippen molar-refractivity contribution in [1.82, 2.24) is 15.0 Å². The molecule has 3 heterocycles. The van der Waals surface area contributed by atoms with Crippen LogP contribution in [0, 0.1) is 0 Å². The van der Waals surface area contributed by atoms with Crippen LogP contribution in [0.5, 0.6) is 0 Å². The van der Waals surface area contributed by atoms with E-state index in [9.17, 15) is 0 Å². The van der Waals surface area contributed by atoms with Gasteiger partial charge in [0.2, 0.25) is 0 Å². The summed E-state index contributed by atoms with van der Waals surface area (Å²) in [6, 6.07) is 73.7. The molecular formula is C57H35N3O2. The minimum atomic E-state index is 0.580.